The van der Waals surface area contributed by atoms with Gasteiger partial charge in [0.25, 0.3) is 0 Å². The lowest BCUT2D eigenvalue weighted by Gasteiger charge is -2.35. The van der Waals surface area contributed by atoms with Crippen molar-refractivity contribution in [1.29, 1.82) is 0 Å². The number of likely N-dealkylation sites (tertiary alicyclic amines) is 1. The molecule has 4 nitrogen and oxygen atoms in total. The molecule has 1 aliphatic heterocycles. The molecule has 0 unspecified atom stereocenters. The zero-order valence-electron chi connectivity index (χ0n) is 13.8. The average molecular weight is 313 g/mol. The molecule has 0 aliphatic carbocycles. The number of hydrogen-bond acceptors (Lipinski definition) is 3. The Balaban J connectivity index is 1.39. The fourth-order valence-corrected chi connectivity index (χ4v) is 3.34. The maximum Gasteiger partial charge on any atom is 0.0717 e. The molecule has 4 heteroatoms. The predicted molar refractivity (Wildman–Crippen MR) is 92.2 cm³/mol. The Morgan fingerprint density at radius 3 is 2.83 bits per heavy atom. The largest absolute Gasteiger partial charge is 0.375 e. The van der Waals surface area contributed by atoms with Gasteiger partial charge >= 0.3 is 0 Å². The second kappa shape index (κ2) is 8.85. The Labute approximate surface area is 139 Å². The van der Waals surface area contributed by atoms with Crippen LogP contribution in [0.4, 0.5) is 0 Å². The monoisotopic (exact) mass is 313 g/mol. The van der Waals surface area contributed by atoms with Crippen LogP contribution in [0.25, 0.3) is 0 Å². The number of benzene rings is 1. The molecule has 1 aromatic carbocycles. The summed E-state index contributed by atoms with van der Waals surface area (Å²) in [6.45, 7) is 4.79. The molecule has 2 heterocycles. The molecule has 1 fully saturated rings. The molecule has 1 saturated heterocycles. The van der Waals surface area contributed by atoms with Crippen LogP contribution in [0.15, 0.2) is 48.8 Å². The zero-order valence-corrected chi connectivity index (χ0v) is 13.8. The predicted octanol–water partition coefficient (Wildman–Crippen LogP) is 3.34. The smallest absolute Gasteiger partial charge is 0.0717 e. The standard InChI is InChI=1S/C19H27N3O/c1-2-7-18(8-3-1)17-23-16-15-21-12-5-4-9-19(21)10-14-22-13-6-11-20-22/h1-3,6-8,11,13,19H,4-5,9-10,12,14-17H2/t19-/m0/s1. The fraction of sp³-hybridized carbons (Fsp3) is 0.526. The van der Waals surface area contributed by atoms with Gasteiger partial charge in [0.15, 0.2) is 0 Å². The molecule has 0 saturated carbocycles. The van der Waals surface area contributed by atoms with E-state index in [0.717, 1.165) is 19.7 Å². The number of ether oxygens (including phenoxy) is 1. The van der Waals surface area contributed by atoms with E-state index in [0.29, 0.717) is 12.6 Å². The van der Waals surface area contributed by atoms with Crippen LogP contribution in [-0.4, -0.2) is 40.4 Å². The van der Waals surface area contributed by atoms with E-state index in [1.165, 1.54) is 37.8 Å². The Hall–Kier alpha value is -1.65. The van der Waals surface area contributed by atoms with Gasteiger partial charge in [-0.2, -0.15) is 5.10 Å². The SMILES string of the molecule is c1ccc(COCCN2CCCC[C@H]2CCn2cccn2)cc1. The molecule has 124 valence electrons. The highest BCUT2D eigenvalue weighted by Gasteiger charge is 2.21. The van der Waals surface area contributed by atoms with Gasteiger partial charge in [-0.05, 0) is 37.4 Å². The first-order chi connectivity index (χ1) is 11.4. The Bertz CT molecular complexity index is 541. The topological polar surface area (TPSA) is 30.3 Å². The number of aryl methyl sites for hydroxylation is 1. The fourth-order valence-electron chi connectivity index (χ4n) is 3.34. The second-order valence-corrected chi connectivity index (χ2v) is 6.28. The molecule has 0 amide bonds. The van der Waals surface area contributed by atoms with Crippen molar-refractivity contribution in [3.05, 3.63) is 54.4 Å². The van der Waals surface area contributed by atoms with Crippen molar-refractivity contribution in [2.75, 3.05) is 19.7 Å². The minimum Gasteiger partial charge on any atom is -0.375 e. The highest BCUT2D eigenvalue weighted by molar-refractivity contribution is 5.13. The van der Waals surface area contributed by atoms with Gasteiger partial charge in [-0.25, -0.2) is 0 Å². The lowest BCUT2D eigenvalue weighted by Crippen LogP contribution is -2.42. The van der Waals surface area contributed by atoms with Crippen LogP contribution in [0.1, 0.15) is 31.2 Å². The molecule has 1 atom stereocenters. The lowest BCUT2D eigenvalue weighted by atomic mass is 9.99. The quantitative estimate of drug-likeness (QED) is 0.700. The van der Waals surface area contributed by atoms with E-state index in [1.54, 1.807) is 0 Å². The molecule has 1 aromatic heterocycles. The Kier molecular flexibility index (Phi) is 6.24. The second-order valence-electron chi connectivity index (χ2n) is 6.28. The van der Waals surface area contributed by atoms with Crippen LogP contribution in [0.2, 0.25) is 0 Å². The molecule has 0 bridgehead atoms. The Morgan fingerprint density at radius 2 is 2.00 bits per heavy atom. The molecule has 0 spiro atoms. The van der Waals surface area contributed by atoms with Gasteiger partial charge in [-0.15, -0.1) is 0 Å². The normalized spacial score (nSPS) is 19.0. The lowest BCUT2D eigenvalue weighted by molar-refractivity contribution is 0.0602. The van der Waals surface area contributed by atoms with Crippen molar-refractivity contribution in [3.8, 4) is 0 Å². The summed E-state index contributed by atoms with van der Waals surface area (Å²) in [5.74, 6) is 0. The summed E-state index contributed by atoms with van der Waals surface area (Å²) in [7, 11) is 0. The van der Waals surface area contributed by atoms with E-state index in [4.69, 9.17) is 4.74 Å². The summed E-state index contributed by atoms with van der Waals surface area (Å²) in [5.41, 5.74) is 1.25. The first-order valence-electron chi connectivity index (χ1n) is 8.75. The molecule has 0 radical (unpaired) electrons. The summed E-state index contributed by atoms with van der Waals surface area (Å²) in [5, 5.41) is 4.31. The zero-order chi connectivity index (χ0) is 15.7. The third-order valence-electron chi connectivity index (χ3n) is 4.63. The van der Waals surface area contributed by atoms with Gasteiger partial charge < -0.3 is 4.74 Å². The minimum atomic E-state index is 0.674. The number of nitrogens with zero attached hydrogens (tertiary/aromatic N) is 3. The van der Waals surface area contributed by atoms with Gasteiger partial charge in [0.2, 0.25) is 0 Å². The van der Waals surface area contributed by atoms with Crippen molar-refractivity contribution in [2.24, 2.45) is 0 Å². The molecule has 0 N–H and O–H groups in total. The van der Waals surface area contributed by atoms with E-state index >= 15 is 0 Å². The van der Waals surface area contributed by atoms with Gasteiger partial charge in [-0.3, -0.25) is 9.58 Å². The van der Waals surface area contributed by atoms with Crippen LogP contribution in [0, 0.1) is 0 Å². The van der Waals surface area contributed by atoms with E-state index in [-0.39, 0.29) is 0 Å². The summed E-state index contributed by atoms with van der Waals surface area (Å²) >= 11 is 0. The minimum absolute atomic E-state index is 0.674. The van der Waals surface area contributed by atoms with Gasteiger partial charge in [0.05, 0.1) is 13.2 Å². The van der Waals surface area contributed by atoms with E-state index in [1.807, 2.05) is 23.0 Å². The maximum absolute atomic E-state index is 5.86. The van der Waals surface area contributed by atoms with Crippen molar-refractivity contribution in [1.82, 2.24) is 14.7 Å². The van der Waals surface area contributed by atoms with E-state index in [2.05, 4.69) is 40.5 Å². The third kappa shape index (κ3) is 5.19. The average Bonchev–Trinajstić information content (AvgIpc) is 3.12. The van der Waals surface area contributed by atoms with Crippen LogP contribution in [0.3, 0.4) is 0 Å². The molecular formula is C19H27N3O. The summed E-state index contributed by atoms with van der Waals surface area (Å²) < 4.78 is 7.90. The summed E-state index contributed by atoms with van der Waals surface area (Å²) in [4.78, 5) is 2.61. The number of piperidine rings is 1. The molecule has 3 rings (SSSR count). The molecule has 2 aromatic rings. The van der Waals surface area contributed by atoms with Crippen LogP contribution in [-0.2, 0) is 17.9 Å². The number of aromatic nitrogens is 2. The van der Waals surface area contributed by atoms with Gasteiger partial charge in [0, 0.05) is 31.5 Å². The van der Waals surface area contributed by atoms with Crippen LogP contribution < -0.4 is 0 Å². The number of rotatable bonds is 8. The molecule has 1 aliphatic rings. The van der Waals surface area contributed by atoms with Crippen molar-refractivity contribution < 1.29 is 4.74 Å². The van der Waals surface area contributed by atoms with Gasteiger partial charge in [0.1, 0.15) is 0 Å². The highest BCUT2D eigenvalue weighted by Crippen LogP contribution is 2.20. The van der Waals surface area contributed by atoms with Gasteiger partial charge in [-0.1, -0.05) is 36.8 Å². The Morgan fingerprint density at radius 1 is 1.09 bits per heavy atom. The first kappa shape index (κ1) is 16.2. The summed E-state index contributed by atoms with van der Waals surface area (Å²) in [6, 6.07) is 13.1. The van der Waals surface area contributed by atoms with Crippen LogP contribution >= 0.6 is 0 Å². The van der Waals surface area contributed by atoms with Crippen molar-refractivity contribution >= 4 is 0 Å². The van der Waals surface area contributed by atoms with Crippen LogP contribution in [0.5, 0.6) is 0 Å². The molecular weight excluding hydrogens is 286 g/mol. The maximum atomic E-state index is 5.86. The highest BCUT2D eigenvalue weighted by atomic mass is 16.5. The first-order valence-corrected chi connectivity index (χ1v) is 8.75. The van der Waals surface area contributed by atoms with Crippen molar-refractivity contribution in [2.45, 2.75) is 44.9 Å². The number of hydrogen-bond donors (Lipinski definition) is 0. The van der Waals surface area contributed by atoms with E-state index in [9.17, 15) is 0 Å². The van der Waals surface area contributed by atoms with E-state index < -0.39 is 0 Å². The van der Waals surface area contributed by atoms with Crippen molar-refractivity contribution in [3.63, 3.8) is 0 Å². The summed E-state index contributed by atoms with van der Waals surface area (Å²) in [6.07, 6.45) is 9.06. The molecule has 23 heavy (non-hydrogen) atoms. The third-order valence-corrected chi connectivity index (χ3v) is 4.63.